The van der Waals surface area contributed by atoms with E-state index in [4.69, 9.17) is 0 Å². The molecule has 0 bridgehead atoms. The quantitative estimate of drug-likeness (QED) is 0.724. The summed E-state index contributed by atoms with van der Waals surface area (Å²) in [5.41, 5.74) is 1.04. The van der Waals surface area contributed by atoms with E-state index in [9.17, 15) is 0 Å². The number of hydrogen-bond acceptors (Lipinski definition) is 2. The molecule has 0 aromatic rings. The van der Waals surface area contributed by atoms with Crippen molar-refractivity contribution in [3.63, 3.8) is 0 Å². The summed E-state index contributed by atoms with van der Waals surface area (Å²) >= 11 is 0. The summed E-state index contributed by atoms with van der Waals surface area (Å²) in [6.45, 7) is 10.7. The molecular formula is C14H28N2. The van der Waals surface area contributed by atoms with Gasteiger partial charge in [-0.25, -0.2) is 0 Å². The first kappa shape index (κ1) is 12.4. The average molecular weight is 224 g/mol. The van der Waals surface area contributed by atoms with Gasteiger partial charge in [-0.15, -0.1) is 0 Å². The van der Waals surface area contributed by atoms with E-state index in [2.05, 4.69) is 31.4 Å². The molecule has 16 heavy (non-hydrogen) atoms. The second-order valence-corrected chi connectivity index (χ2v) is 6.58. The summed E-state index contributed by atoms with van der Waals surface area (Å²) in [6, 6.07) is 0. The van der Waals surface area contributed by atoms with Crippen molar-refractivity contribution in [2.24, 2.45) is 11.3 Å². The van der Waals surface area contributed by atoms with Gasteiger partial charge in [-0.3, -0.25) is 0 Å². The fourth-order valence-electron chi connectivity index (χ4n) is 3.21. The van der Waals surface area contributed by atoms with Crippen molar-refractivity contribution in [1.29, 1.82) is 0 Å². The van der Waals surface area contributed by atoms with E-state index in [1.807, 2.05) is 0 Å². The normalized spacial score (nSPS) is 36.6. The van der Waals surface area contributed by atoms with Crippen LogP contribution in [0.5, 0.6) is 0 Å². The molecule has 0 aromatic heterocycles. The molecule has 1 aliphatic heterocycles. The number of nitrogens with one attached hydrogen (secondary N) is 2. The maximum Gasteiger partial charge on any atom is 0.0306 e. The van der Waals surface area contributed by atoms with E-state index in [0.29, 0.717) is 11.0 Å². The first-order valence-electron chi connectivity index (χ1n) is 7.04. The average Bonchev–Trinajstić information content (AvgIpc) is 2.62. The maximum absolute atomic E-state index is 3.72. The van der Waals surface area contributed by atoms with Gasteiger partial charge in [0.2, 0.25) is 0 Å². The van der Waals surface area contributed by atoms with E-state index < -0.39 is 0 Å². The molecular weight excluding hydrogens is 196 g/mol. The highest BCUT2D eigenvalue weighted by atomic mass is 15.1. The van der Waals surface area contributed by atoms with Crippen LogP contribution in [-0.4, -0.2) is 25.2 Å². The number of rotatable bonds is 6. The smallest absolute Gasteiger partial charge is 0.0306 e. The highest BCUT2D eigenvalue weighted by Crippen LogP contribution is 2.51. The fraction of sp³-hybridized carbons (Fsp3) is 1.00. The zero-order valence-electron chi connectivity index (χ0n) is 11.2. The summed E-state index contributed by atoms with van der Waals surface area (Å²) in [7, 11) is 0. The summed E-state index contributed by atoms with van der Waals surface area (Å²) in [6.07, 6.45) is 6.75. The molecule has 1 heterocycles. The van der Waals surface area contributed by atoms with E-state index in [1.165, 1.54) is 51.7 Å². The molecule has 1 saturated carbocycles. The molecule has 2 atom stereocenters. The Balaban J connectivity index is 1.70. The van der Waals surface area contributed by atoms with Gasteiger partial charge in [0.1, 0.15) is 0 Å². The Bertz CT molecular complexity index is 229. The van der Waals surface area contributed by atoms with Crippen molar-refractivity contribution in [2.75, 3.05) is 19.6 Å². The standard InChI is InChI=1S/C14H28N2/c1-4-6-14(7-5-8-16-14)11-15-10-12-9-13(12,2)3/h12,15-16H,4-11H2,1-3H3. The zero-order chi connectivity index (χ0) is 11.6. The van der Waals surface area contributed by atoms with Crippen LogP contribution < -0.4 is 10.6 Å². The maximum atomic E-state index is 3.72. The Hall–Kier alpha value is -0.0800. The predicted molar refractivity (Wildman–Crippen MR) is 69.6 cm³/mol. The molecule has 1 saturated heterocycles. The van der Waals surface area contributed by atoms with E-state index in [1.54, 1.807) is 0 Å². The predicted octanol–water partition coefficient (Wildman–Crippen LogP) is 2.54. The highest BCUT2D eigenvalue weighted by Gasteiger charge is 2.45. The molecule has 2 unspecified atom stereocenters. The lowest BCUT2D eigenvalue weighted by molar-refractivity contribution is 0.320. The van der Waals surface area contributed by atoms with Gasteiger partial charge in [-0.05, 0) is 50.1 Å². The van der Waals surface area contributed by atoms with Gasteiger partial charge in [0.25, 0.3) is 0 Å². The third-order valence-corrected chi connectivity index (χ3v) is 4.63. The van der Waals surface area contributed by atoms with Crippen LogP contribution in [0.15, 0.2) is 0 Å². The van der Waals surface area contributed by atoms with Crippen LogP contribution in [0, 0.1) is 11.3 Å². The molecule has 2 fully saturated rings. The van der Waals surface area contributed by atoms with E-state index in [0.717, 1.165) is 5.92 Å². The SMILES string of the molecule is CCCC1(CNCC2CC2(C)C)CCCN1. The minimum absolute atomic E-state index is 0.424. The van der Waals surface area contributed by atoms with Gasteiger partial charge in [-0.2, -0.15) is 0 Å². The van der Waals surface area contributed by atoms with Crippen LogP contribution in [0.25, 0.3) is 0 Å². The van der Waals surface area contributed by atoms with Gasteiger partial charge < -0.3 is 10.6 Å². The van der Waals surface area contributed by atoms with Crippen molar-refractivity contribution in [3.8, 4) is 0 Å². The molecule has 0 radical (unpaired) electrons. The monoisotopic (exact) mass is 224 g/mol. The Morgan fingerprint density at radius 1 is 1.38 bits per heavy atom. The first-order valence-corrected chi connectivity index (χ1v) is 7.04. The summed E-state index contributed by atoms with van der Waals surface area (Å²) in [4.78, 5) is 0. The highest BCUT2D eigenvalue weighted by molar-refractivity contribution is 4.98. The second-order valence-electron chi connectivity index (χ2n) is 6.58. The van der Waals surface area contributed by atoms with Crippen LogP contribution in [0.3, 0.4) is 0 Å². The van der Waals surface area contributed by atoms with Crippen molar-refractivity contribution >= 4 is 0 Å². The fourth-order valence-corrected chi connectivity index (χ4v) is 3.21. The molecule has 2 heteroatoms. The van der Waals surface area contributed by atoms with Crippen LogP contribution >= 0.6 is 0 Å². The van der Waals surface area contributed by atoms with Crippen molar-refractivity contribution in [3.05, 3.63) is 0 Å². The minimum Gasteiger partial charge on any atom is -0.315 e. The van der Waals surface area contributed by atoms with Gasteiger partial charge >= 0.3 is 0 Å². The molecule has 0 spiro atoms. The molecule has 94 valence electrons. The van der Waals surface area contributed by atoms with Crippen LogP contribution in [0.2, 0.25) is 0 Å². The summed E-state index contributed by atoms with van der Waals surface area (Å²) < 4.78 is 0. The lowest BCUT2D eigenvalue weighted by Crippen LogP contribution is -2.48. The molecule has 2 nitrogen and oxygen atoms in total. The Labute approximate surface area is 101 Å². The lowest BCUT2D eigenvalue weighted by atomic mass is 9.92. The molecule has 2 aliphatic rings. The molecule has 2 rings (SSSR count). The van der Waals surface area contributed by atoms with Crippen molar-refractivity contribution in [2.45, 2.75) is 58.4 Å². The van der Waals surface area contributed by atoms with Crippen LogP contribution in [-0.2, 0) is 0 Å². The lowest BCUT2D eigenvalue weighted by Gasteiger charge is -2.30. The number of hydrogen-bond donors (Lipinski definition) is 2. The Morgan fingerprint density at radius 2 is 2.12 bits per heavy atom. The van der Waals surface area contributed by atoms with E-state index >= 15 is 0 Å². The van der Waals surface area contributed by atoms with Gasteiger partial charge in [0.15, 0.2) is 0 Å². The van der Waals surface area contributed by atoms with Crippen molar-refractivity contribution in [1.82, 2.24) is 10.6 Å². The third kappa shape index (κ3) is 2.78. The molecule has 0 amide bonds. The Kier molecular flexibility index (Phi) is 3.60. The molecule has 2 N–H and O–H groups in total. The second kappa shape index (κ2) is 4.66. The third-order valence-electron chi connectivity index (χ3n) is 4.63. The molecule has 0 aromatic carbocycles. The zero-order valence-corrected chi connectivity index (χ0v) is 11.2. The van der Waals surface area contributed by atoms with Gasteiger partial charge in [0, 0.05) is 12.1 Å². The first-order chi connectivity index (χ1) is 7.58. The van der Waals surface area contributed by atoms with Crippen molar-refractivity contribution < 1.29 is 0 Å². The van der Waals surface area contributed by atoms with E-state index in [-0.39, 0.29) is 0 Å². The summed E-state index contributed by atoms with van der Waals surface area (Å²) in [5, 5.41) is 7.43. The van der Waals surface area contributed by atoms with Gasteiger partial charge in [0.05, 0.1) is 0 Å². The van der Waals surface area contributed by atoms with Crippen LogP contribution in [0.1, 0.15) is 52.9 Å². The molecule has 1 aliphatic carbocycles. The van der Waals surface area contributed by atoms with Gasteiger partial charge in [-0.1, -0.05) is 27.2 Å². The largest absolute Gasteiger partial charge is 0.315 e. The summed E-state index contributed by atoms with van der Waals surface area (Å²) in [5.74, 6) is 0.924. The Morgan fingerprint density at radius 3 is 2.62 bits per heavy atom. The van der Waals surface area contributed by atoms with Crippen LogP contribution in [0.4, 0.5) is 0 Å². The topological polar surface area (TPSA) is 24.1 Å². The minimum atomic E-state index is 0.424.